The Labute approximate surface area is 129 Å². The van der Waals surface area contributed by atoms with E-state index in [-0.39, 0.29) is 0 Å². The van der Waals surface area contributed by atoms with Crippen LogP contribution in [0, 0.1) is 11.3 Å². The van der Waals surface area contributed by atoms with Crippen LogP contribution in [0.1, 0.15) is 65.4 Å². The quantitative estimate of drug-likeness (QED) is 0.835. The minimum absolute atomic E-state index is 0.383. The molecular weight excluding hydrogens is 260 g/mol. The lowest BCUT2D eigenvalue weighted by atomic mass is 9.65. The van der Waals surface area contributed by atoms with Gasteiger partial charge in [0.2, 0.25) is 0 Å². The molecule has 0 amide bonds. The molecule has 118 valence electrons. The number of aliphatic hydroxyl groups is 1. The van der Waals surface area contributed by atoms with Crippen molar-refractivity contribution in [2.75, 3.05) is 6.61 Å². The first-order valence-corrected chi connectivity index (χ1v) is 8.37. The zero-order valence-electron chi connectivity index (χ0n) is 14.0. The molecule has 1 aromatic carbocycles. The summed E-state index contributed by atoms with van der Waals surface area (Å²) in [5.41, 5.74) is 0.725. The minimum atomic E-state index is -0.673. The predicted molar refractivity (Wildman–Crippen MR) is 87.5 cm³/mol. The molecule has 2 rings (SSSR count). The number of benzene rings is 1. The number of rotatable bonds is 5. The van der Waals surface area contributed by atoms with Crippen LogP contribution in [-0.4, -0.2) is 11.7 Å². The molecule has 1 aliphatic carbocycles. The van der Waals surface area contributed by atoms with Crippen LogP contribution in [0.2, 0.25) is 0 Å². The van der Waals surface area contributed by atoms with Gasteiger partial charge in [0.1, 0.15) is 5.75 Å². The highest BCUT2D eigenvalue weighted by Gasteiger charge is 2.39. The van der Waals surface area contributed by atoms with Gasteiger partial charge in [-0.25, -0.2) is 0 Å². The van der Waals surface area contributed by atoms with Crippen LogP contribution < -0.4 is 4.74 Å². The van der Waals surface area contributed by atoms with Gasteiger partial charge in [-0.15, -0.1) is 0 Å². The maximum atomic E-state index is 11.0. The first-order chi connectivity index (χ1) is 9.91. The van der Waals surface area contributed by atoms with Crippen molar-refractivity contribution in [3.8, 4) is 5.75 Å². The van der Waals surface area contributed by atoms with E-state index in [1.54, 1.807) is 0 Å². The van der Waals surface area contributed by atoms with E-state index in [1.807, 2.05) is 31.2 Å². The van der Waals surface area contributed by atoms with E-state index in [9.17, 15) is 5.11 Å². The molecule has 0 aromatic heterocycles. The molecule has 1 N–H and O–H groups in total. The average molecular weight is 290 g/mol. The normalized spacial score (nSPS) is 26.6. The van der Waals surface area contributed by atoms with E-state index in [0.29, 0.717) is 12.0 Å². The van der Waals surface area contributed by atoms with Gasteiger partial charge in [-0.05, 0) is 61.6 Å². The van der Waals surface area contributed by atoms with E-state index in [1.165, 1.54) is 6.42 Å². The van der Waals surface area contributed by atoms with Crippen molar-refractivity contribution in [3.05, 3.63) is 29.8 Å². The molecule has 1 aliphatic rings. The molecule has 0 saturated heterocycles. The van der Waals surface area contributed by atoms with Gasteiger partial charge in [-0.1, -0.05) is 39.3 Å². The number of ether oxygens (including phenoxy) is 1. The largest absolute Gasteiger partial charge is 0.494 e. The van der Waals surface area contributed by atoms with Crippen molar-refractivity contribution in [1.29, 1.82) is 0 Å². The van der Waals surface area contributed by atoms with Gasteiger partial charge >= 0.3 is 0 Å². The standard InChI is InChI=1S/C19H30O2/c1-5-18(3,4)15-10-12-19(20,13-11-15)16-8-7-9-17(14-16)21-6-2/h7-9,14-15,20H,5-6,10-13H2,1-4H3. The second kappa shape index (κ2) is 6.39. The van der Waals surface area contributed by atoms with Crippen LogP contribution in [-0.2, 0) is 5.60 Å². The molecule has 0 spiro atoms. The zero-order chi connectivity index (χ0) is 15.5. The highest BCUT2D eigenvalue weighted by atomic mass is 16.5. The van der Waals surface area contributed by atoms with Crippen molar-refractivity contribution in [3.63, 3.8) is 0 Å². The third-order valence-electron chi connectivity index (χ3n) is 5.51. The molecule has 0 unspecified atom stereocenters. The lowest BCUT2D eigenvalue weighted by molar-refractivity contribution is -0.0329. The second-order valence-corrected chi connectivity index (χ2v) is 7.11. The molecule has 2 heteroatoms. The molecule has 0 atom stereocenters. The smallest absolute Gasteiger partial charge is 0.119 e. The van der Waals surface area contributed by atoms with E-state index in [2.05, 4.69) is 20.8 Å². The van der Waals surface area contributed by atoms with Gasteiger partial charge in [0.25, 0.3) is 0 Å². The molecule has 1 saturated carbocycles. The Morgan fingerprint density at radius 1 is 1.24 bits per heavy atom. The minimum Gasteiger partial charge on any atom is -0.494 e. The first-order valence-electron chi connectivity index (χ1n) is 8.37. The Kier molecular flexibility index (Phi) is 4.98. The fourth-order valence-corrected chi connectivity index (χ4v) is 3.50. The van der Waals surface area contributed by atoms with Crippen molar-refractivity contribution < 1.29 is 9.84 Å². The number of hydrogen-bond acceptors (Lipinski definition) is 2. The summed E-state index contributed by atoms with van der Waals surface area (Å²) < 4.78 is 5.56. The fourth-order valence-electron chi connectivity index (χ4n) is 3.50. The van der Waals surface area contributed by atoms with Gasteiger partial charge in [0.05, 0.1) is 12.2 Å². The monoisotopic (exact) mass is 290 g/mol. The van der Waals surface area contributed by atoms with Crippen LogP contribution in [0.25, 0.3) is 0 Å². The topological polar surface area (TPSA) is 29.5 Å². The number of hydrogen-bond donors (Lipinski definition) is 1. The lowest BCUT2D eigenvalue weighted by Crippen LogP contribution is -2.36. The Bertz CT molecular complexity index is 456. The van der Waals surface area contributed by atoms with E-state index in [4.69, 9.17) is 4.74 Å². The summed E-state index contributed by atoms with van der Waals surface area (Å²) in [6, 6.07) is 7.99. The summed E-state index contributed by atoms with van der Waals surface area (Å²) in [6.45, 7) is 9.63. The summed E-state index contributed by atoms with van der Waals surface area (Å²) >= 11 is 0. The van der Waals surface area contributed by atoms with Crippen LogP contribution in [0.4, 0.5) is 0 Å². The molecule has 0 aliphatic heterocycles. The molecule has 21 heavy (non-hydrogen) atoms. The predicted octanol–water partition coefficient (Wildman–Crippen LogP) is 4.90. The van der Waals surface area contributed by atoms with Crippen molar-refractivity contribution in [2.45, 2.75) is 65.4 Å². The van der Waals surface area contributed by atoms with Crippen molar-refractivity contribution >= 4 is 0 Å². The lowest BCUT2D eigenvalue weighted by Gasteiger charge is -2.42. The second-order valence-electron chi connectivity index (χ2n) is 7.11. The Hall–Kier alpha value is -1.02. The van der Waals surface area contributed by atoms with Crippen LogP contribution in [0.3, 0.4) is 0 Å². The third kappa shape index (κ3) is 3.60. The summed E-state index contributed by atoms with van der Waals surface area (Å²) in [4.78, 5) is 0. The SMILES string of the molecule is CCOc1cccc(C2(O)CCC(C(C)(C)CC)CC2)c1. The highest BCUT2D eigenvalue weighted by Crippen LogP contribution is 2.47. The molecule has 0 bridgehead atoms. The molecule has 2 nitrogen and oxygen atoms in total. The van der Waals surface area contributed by atoms with Gasteiger partial charge in [-0.3, -0.25) is 0 Å². The molecular formula is C19H30O2. The summed E-state index contributed by atoms with van der Waals surface area (Å²) in [6.07, 6.45) is 5.13. The van der Waals surface area contributed by atoms with Crippen LogP contribution >= 0.6 is 0 Å². The van der Waals surface area contributed by atoms with E-state index < -0.39 is 5.60 Å². The highest BCUT2D eigenvalue weighted by molar-refractivity contribution is 5.32. The van der Waals surface area contributed by atoms with E-state index >= 15 is 0 Å². The van der Waals surface area contributed by atoms with Gasteiger partial charge < -0.3 is 9.84 Å². The molecule has 1 fully saturated rings. The van der Waals surface area contributed by atoms with Gasteiger partial charge in [0, 0.05) is 0 Å². The summed E-state index contributed by atoms with van der Waals surface area (Å²) in [7, 11) is 0. The molecule has 0 heterocycles. The Balaban J connectivity index is 2.10. The van der Waals surface area contributed by atoms with Crippen LogP contribution in [0.5, 0.6) is 5.75 Å². The maximum Gasteiger partial charge on any atom is 0.119 e. The van der Waals surface area contributed by atoms with Crippen molar-refractivity contribution in [1.82, 2.24) is 0 Å². The molecule has 0 radical (unpaired) electrons. The summed E-state index contributed by atoms with van der Waals surface area (Å²) in [5.74, 6) is 1.58. The summed E-state index contributed by atoms with van der Waals surface area (Å²) in [5, 5.41) is 11.0. The maximum absolute atomic E-state index is 11.0. The Morgan fingerprint density at radius 3 is 2.48 bits per heavy atom. The molecule has 1 aromatic rings. The third-order valence-corrected chi connectivity index (χ3v) is 5.51. The average Bonchev–Trinajstić information content (AvgIpc) is 2.48. The van der Waals surface area contributed by atoms with Crippen LogP contribution in [0.15, 0.2) is 24.3 Å². The Morgan fingerprint density at radius 2 is 1.90 bits per heavy atom. The fraction of sp³-hybridized carbons (Fsp3) is 0.684. The van der Waals surface area contributed by atoms with Crippen molar-refractivity contribution in [2.24, 2.45) is 11.3 Å². The van der Waals surface area contributed by atoms with Gasteiger partial charge in [-0.2, -0.15) is 0 Å². The van der Waals surface area contributed by atoms with E-state index in [0.717, 1.165) is 42.9 Å². The zero-order valence-corrected chi connectivity index (χ0v) is 14.0. The van der Waals surface area contributed by atoms with Gasteiger partial charge in [0.15, 0.2) is 0 Å². The first kappa shape index (κ1) is 16.4.